The van der Waals surface area contributed by atoms with Gasteiger partial charge in [0, 0.05) is 12.8 Å². The van der Waals surface area contributed by atoms with Crippen molar-refractivity contribution in [2.24, 2.45) is 0 Å². The fourth-order valence-electron chi connectivity index (χ4n) is 1.41. The third kappa shape index (κ3) is 6.40. The summed E-state index contributed by atoms with van der Waals surface area (Å²) >= 11 is 1.42. The van der Waals surface area contributed by atoms with Gasteiger partial charge >= 0.3 is 6.03 Å². The van der Waals surface area contributed by atoms with E-state index >= 15 is 0 Å². The molecule has 0 heterocycles. The normalized spacial score (nSPS) is 11.4. The molecule has 1 aromatic rings. The largest absolute Gasteiger partial charge is 0.497 e. The topological polar surface area (TPSA) is 76.7 Å². The first kappa shape index (κ1) is 17.2. The van der Waals surface area contributed by atoms with Crippen molar-refractivity contribution in [3.05, 3.63) is 24.3 Å². The Balaban J connectivity index is 2.23. The lowest BCUT2D eigenvalue weighted by Crippen LogP contribution is -2.41. The quantitative estimate of drug-likeness (QED) is 0.749. The van der Waals surface area contributed by atoms with Gasteiger partial charge in [0.15, 0.2) is 0 Å². The Labute approximate surface area is 128 Å². The molecule has 1 aromatic carbocycles. The van der Waals surface area contributed by atoms with Crippen molar-refractivity contribution >= 4 is 23.7 Å². The summed E-state index contributed by atoms with van der Waals surface area (Å²) in [5.41, 5.74) is 0. The highest BCUT2D eigenvalue weighted by atomic mass is 32.2. The van der Waals surface area contributed by atoms with Gasteiger partial charge in [-0.2, -0.15) is 0 Å². The van der Waals surface area contributed by atoms with Crippen LogP contribution in [0.5, 0.6) is 11.5 Å². The van der Waals surface area contributed by atoms with Crippen LogP contribution in [0.2, 0.25) is 0 Å². The summed E-state index contributed by atoms with van der Waals surface area (Å²) in [4.78, 5) is 22.6. The molecule has 0 radical (unpaired) electrons. The van der Waals surface area contributed by atoms with E-state index in [1.54, 1.807) is 14.0 Å². The van der Waals surface area contributed by atoms with Crippen LogP contribution in [-0.4, -0.2) is 43.7 Å². The number of amides is 3. The summed E-state index contributed by atoms with van der Waals surface area (Å²) in [6.07, 6.45) is 0. The van der Waals surface area contributed by atoms with Crippen LogP contribution in [0.15, 0.2) is 24.3 Å². The highest BCUT2D eigenvalue weighted by Crippen LogP contribution is 2.17. The summed E-state index contributed by atoms with van der Waals surface area (Å²) < 4.78 is 10.6. The second-order valence-corrected chi connectivity index (χ2v) is 5.55. The minimum Gasteiger partial charge on any atom is -0.497 e. The molecule has 0 saturated heterocycles. The van der Waals surface area contributed by atoms with Crippen LogP contribution in [-0.2, 0) is 4.79 Å². The second-order valence-electron chi connectivity index (χ2n) is 4.11. The van der Waals surface area contributed by atoms with Crippen LogP contribution in [0, 0.1) is 0 Å². The number of thioether (sulfide) groups is 1. The number of methoxy groups -OCH3 is 1. The molecular formula is C14H20N2O4S. The van der Waals surface area contributed by atoms with Crippen LogP contribution in [0.3, 0.4) is 0 Å². The van der Waals surface area contributed by atoms with E-state index in [2.05, 4.69) is 10.6 Å². The van der Waals surface area contributed by atoms with Gasteiger partial charge in [0.1, 0.15) is 11.5 Å². The zero-order chi connectivity index (χ0) is 15.7. The van der Waals surface area contributed by atoms with E-state index < -0.39 is 6.03 Å². The molecule has 0 aromatic heterocycles. The molecule has 7 heteroatoms. The molecule has 6 nitrogen and oxygen atoms in total. The summed E-state index contributed by atoms with van der Waals surface area (Å²) in [7, 11) is 3.07. The zero-order valence-corrected chi connectivity index (χ0v) is 13.2. The van der Waals surface area contributed by atoms with Crippen LogP contribution in [0.1, 0.15) is 6.92 Å². The summed E-state index contributed by atoms with van der Waals surface area (Å²) in [5, 5.41) is 4.25. The van der Waals surface area contributed by atoms with E-state index in [9.17, 15) is 9.59 Å². The Morgan fingerprint density at radius 3 is 2.43 bits per heavy atom. The monoisotopic (exact) mass is 312 g/mol. The number of urea groups is 1. The third-order valence-electron chi connectivity index (χ3n) is 2.61. The first-order chi connectivity index (χ1) is 10.1. The van der Waals surface area contributed by atoms with E-state index in [1.807, 2.05) is 24.3 Å². The first-order valence-electron chi connectivity index (χ1n) is 6.48. The molecule has 3 amide bonds. The average molecular weight is 312 g/mol. The smallest absolute Gasteiger partial charge is 0.321 e. The highest BCUT2D eigenvalue weighted by Gasteiger charge is 2.15. The molecule has 1 rings (SSSR count). The minimum atomic E-state index is -0.498. The molecule has 116 valence electrons. The number of rotatable bonds is 7. The Bertz CT molecular complexity index is 465. The van der Waals surface area contributed by atoms with E-state index in [4.69, 9.17) is 9.47 Å². The Morgan fingerprint density at radius 2 is 1.86 bits per heavy atom. The molecule has 0 spiro atoms. The van der Waals surface area contributed by atoms with Gasteiger partial charge in [-0.05, 0) is 31.2 Å². The van der Waals surface area contributed by atoms with E-state index in [0.717, 1.165) is 11.5 Å². The molecule has 0 aliphatic heterocycles. The van der Waals surface area contributed by atoms with Crippen molar-refractivity contribution in [3.8, 4) is 11.5 Å². The second kappa shape index (κ2) is 9.12. The lowest BCUT2D eigenvalue weighted by atomic mass is 10.3. The molecule has 0 aliphatic rings. The number of carbonyl (C=O) groups is 2. The maximum atomic E-state index is 11.6. The standard InChI is InChI=1S/C14H20N2O4S/c1-10(13(17)16-14(18)15-2)21-9-8-20-12-6-4-11(19-3)5-7-12/h4-7,10H,8-9H2,1-3H3,(H2,15,16,17,18). The van der Waals surface area contributed by atoms with Crippen LogP contribution >= 0.6 is 11.8 Å². The van der Waals surface area contributed by atoms with Gasteiger partial charge in [0.05, 0.1) is 19.0 Å². The minimum absolute atomic E-state index is 0.316. The molecular weight excluding hydrogens is 292 g/mol. The van der Waals surface area contributed by atoms with E-state index in [1.165, 1.54) is 18.8 Å². The Hall–Kier alpha value is -1.89. The van der Waals surface area contributed by atoms with Crippen LogP contribution < -0.4 is 20.1 Å². The number of imide groups is 1. The van der Waals surface area contributed by atoms with Gasteiger partial charge in [-0.15, -0.1) is 11.8 Å². The molecule has 2 N–H and O–H groups in total. The van der Waals surface area contributed by atoms with Crippen LogP contribution in [0.25, 0.3) is 0 Å². The van der Waals surface area contributed by atoms with Crippen LogP contribution in [0.4, 0.5) is 4.79 Å². The van der Waals surface area contributed by atoms with Crippen molar-refractivity contribution in [2.45, 2.75) is 12.2 Å². The molecule has 0 bridgehead atoms. The van der Waals surface area contributed by atoms with Gasteiger partial charge in [-0.3, -0.25) is 10.1 Å². The van der Waals surface area contributed by atoms with Crippen molar-refractivity contribution in [1.82, 2.24) is 10.6 Å². The maximum absolute atomic E-state index is 11.6. The highest BCUT2D eigenvalue weighted by molar-refractivity contribution is 8.00. The van der Waals surface area contributed by atoms with Gasteiger partial charge in [-0.1, -0.05) is 0 Å². The zero-order valence-electron chi connectivity index (χ0n) is 12.3. The maximum Gasteiger partial charge on any atom is 0.321 e. The van der Waals surface area contributed by atoms with Crippen molar-refractivity contribution in [1.29, 1.82) is 0 Å². The molecule has 21 heavy (non-hydrogen) atoms. The predicted octanol–water partition coefficient (Wildman–Crippen LogP) is 1.65. The van der Waals surface area contributed by atoms with E-state index in [-0.39, 0.29) is 11.2 Å². The average Bonchev–Trinajstić information content (AvgIpc) is 2.51. The molecule has 0 saturated carbocycles. The fourth-order valence-corrected chi connectivity index (χ4v) is 2.15. The lowest BCUT2D eigenvalue weighted by Gasteiger charge is -2.11. The number of benzene rings is 1. The number of nitrogens with one attached hydrogen (secondary N) is 2. The first-order valence-corrected chi connectivity index (χ1v) is 7.52. The number of hydrogen-bond donors (Lipinski definition) is 2. The predicted molar refractivity (Wildman–Crippen MR) is 83.0 cm³/mol. The Kier molecular flexibility index (Phi) is 7.45. The lowest BCUT2D eigenvalue weighted by molar-refractivity contribution is -0.119. The fraction of sp³-hybridized carbons (Fsp3) is 0.429. The van der Waals surface area contributed by atoms with Gasteiger partial charge in [0.25, 0.3) is 0 Å². The summed E-state index contributed by atoms with van der Waals surface area (Å²) in [6.45, 7) is 2.23. The van der Waals surface area contributed by atoms with Crippen molar-refractivity contribution < 1.29 is 19.1 Å². The van der Waals surface area contributed by atoms with Crippen molar-refractivity contribution in [2.75, 3.05) is 26.5 Å². The number of hydrogen-bond acceptors (Lipinski definition) is 5. The summed E-state index contributed by atoms with van der Waals surface area (Å²) in [6, 6.07) is 6.79. The van der Waals surface area contributed by atoms with Gasteiger partial charge < -0.3 is 14.8 Å². The molecule has 0 fully saturated rings. The number of carbonyl (C=O) groups excluding carboxylic acids is 2. The van der Waals surface area contributed by atoms with Gasteiger partial charge in [0.2, 0.25) is 5.91 Å². The third-order valence-corrected chi connectivity index (χ3v) is 3.73. The SMILES string of the molecule is CNC(=O)NC(=O)C(C)SCCOc1ccc(OC)cc1. The molecule has 1 atom stereocenters. The van der Waals surface area contributed by atoms with E-state index in [0.29, 0.717) is 12.4 Å². The molecule has 0 aliphatic carbocycles. The summed E-state index contributed by atoms with van der Waals surface area (Å²) in [5.74, 6) is 1.85. The molecule has 1 unspecified atom stereocenters. The van der Waals surface area contributed by atoms with Gasteiger partial charge in [-0.25, -0.2) is 4.79 Å². The van der Waals surface area contributed by atoms with Crippen molar-refractivity contribution in [3.63, 3.8) is 0 Å². The number of ether oxygens (including phenoxy) is 2. The Morgan fingerprint density at radius 1 is 1.24 bits per heavy atom.